The first-order valence-corrected chi connectivity index (χ1v) is 10.4. The Bertz CT molecular complexity index is 1080. The molecular weight excluding hydrogens is 441 g/mol. The van der Waals surface area contributed by atoms with Crippen molar-refractivity contribution < 1.29 is 19.1 Å². The van der Waals surface area contributed by atoms with Crippen LogP contribution in [0.4, 0.5) is 16.2 Å². The monoisotopic (exact) mass is 461 g/mol. The summed E-state index contributed by atoms with van der Waals surface area (Å²) in [6.07, 6.45) is 1.39. The highest BCUT2D eigenvalue weighted by Crippen LogP contribution is 2.35. The molecule has 31 heavy (non-hydrogen) atoms. The van der Waals surface area contributed by atoms with Gasteiger partial charge in [-0.2, -0.15) is 0 Å². The van der Waals surface area contributed by atoms with Crippen LogP contribution < -0.4 is 19.9 Å². The smallest absolute Gasteiger partial charge is 0.336 e. The number of methoxy groups -OCH3 is 1. The van der Waals surface area contributed by atoms with Gasteiger partial charge >= 0.3 is 6.03 Å². The summed E-state index contributed by atoms with van der Waals surface area (Å²) in [5, 5.41) is 2.38. The number of barbiturate groups is 1. The summed E-state index contributed by atoms with van der Waals surface area (Å²) in [4.78, 5) is 40.9. The summed E-state index contributed by atoms with van der Waals surface area (Å²) in [6, 6.07) is 9.12. The molecule has 3 rings (SSSR count). The highest BCUT2D eigenvalue weighted by atomic mass is 35.5. The van der Waals surface area contributed by atoms with Gasteiger partial charge in [0.05, 0.1) is 22.8 Å². The van der Waals surface area contributed by atoms with Gasteiger partial charge in [0.2, 0.25) is 0 Å². The van der Waals surface area contributed by atoms with Crippen molar-refractivity contribution in [1.82, 2.24) is 5.32 Å². The Morgan fingerprint density at radius 1 is 1.10 bits per heavy atom. The van der Waals surface area contributed by atoms with Crippen molar-refractivity contribution in [2.24, 2.45) is 0 Å². The quantitative estimate of drug-likeness (QED) is 0.505. The molecule has 2 aromatic carbocycles. The second-order valence-electron chi connectivity index (χ2n) is 6.63. The second kappa shape index (κ2) is 9.41. The van der Waals surface area contributed by atoms with Crippen LogP contribution in [0.15, 0.2) is 42.0 Å². The summed E-state index contributed by atoms with van der Waals surface area (Å²) in [7, 11) is 1.51. The predicted molar refractivity (Wildman–Crippen MR) is 122 cm³/mol. The molecule has 1 N–H and O–H groups in total. The zero-order valence-corrected chi connectivity index (χ0v) is 18.8. The topological polar surface area (TPSA) is 79.0 Å². The van der Waals surface area contributed by atoms with Crippen LogP contribution >= 0.6 is 23.2 Å². The van der Waals surface area contributed by atoms with Gasteiger partial charge in [0, 0.05) is 30.4 Å². The summed E-state index contributed by atoms with van der Waals surface area (Å²) >= 11 is 12.2. The van der Waals surface area contributed by atoms with E-state index in [0.717, 1.165) is 23.7 Å². The lowest BCUT2D eigenvalue weighted by Crippen LogP contribution is -2.54. The zero-order valence-electron chi connectivity index (χ0n) is 17.2. The number of rotatable bonds is 6. The normalized spacial score (nSPS) is 15.3. The average Bonchev–Trinajstić information content (AvgIpc) is 2.75. The Morgan fingerprint density at radius 3 is 2.45 bits per heavy atom. The van der Waals surface area contributed by atoms with Gasteiger partial charge in [-0.05, 0) is 44.2 Å². The third-order valence-corrected chi connectivity index (χ3v) is 5.73. The maximum absolute atomic E-state index is 13.1. The zero-order chi connectivity index (χ0) is 22.7. The van der Waals surface area contributed by atoms with E-state index in [2.05, 4.69) is 10.2 Å². The number of anilines is 2. The summed E-state index contributed by atoms with van der Waals surface area (Å²) < 4.78 is 5.47. The Kier molecular flexibility index (Phi) is 6.87. The molecule has 0 aliphatic carbocycles. The lowest BCUT2D eigenvalue weighted by molar-refractivity contribution is -0.122. The van der Waals surface area contributed by atoms with Gasteiger partial charge in [0.15, 0.2) is 0 Å². The fourth-order valence-corrected chi connectivity index (χ4v) is 3.68. The first kappa shape index (κ1) is 22.7. The van der Waals surface area contributed by atoms with E-state index >= 15 is 0 Å². The highest BCUT2D eigenvalue weighted by molar-refractivity contribution is 6.46. The molecule has 162 valence electrons. The van der Waals surface area contributed by atoms with Crippen molar-refractivity contribution in [2.45, 2.75) is 13.8 Å². The Morgan fingerprint density at radius 2 is 1.81 bits per heavy atom. The van der Waals surface area contributed by atoms with Gasteiger partial charge in [0.1, 0.15) is 11.3 Å². The number of halogens is 2. The molecule has 0 bridgehead atoms. The molecule has 2 aromatic rings. The number of carbonyl (C=O) groups is 3. The maximum Gasteiger partial charge on any atom is 0.336 e. The molecule has 0 aromatic heterocycles. The lowest BCUT2D eigenvalue weighted by atomic mass is 10.1. The van der Waals surface area contributed by atoms with Crippen LogP contribution in [-0.2, 0) is 9.59 Å². The first-order chi connectivity index (χ1) is 14.8. The minimum atomic E-state index is -0.903. The third-order valence-electron chi connectivity index (χ3n) is 4.92. The SMILES string of the molecule is CCN(CC)c1ccc(/C=C2\C(=O)NC(=O)N(c3cccc(Cl)c3Cl)C2=O)c(OC)c1. The van der Waals surface area contributed by atoms with Crippen molar-refractivity contribution >= 4 is 58.5 Å². The molecule has 0 saturated carbocycles. The number of benzene rings is 2. The van der Waals surface area contributed by atoms with Gasteiger partial charge in [-0.1, -0.05) is 29.3 Å². The van der Waals surface area contributed by atoms with Crippen molar-refractivity contribution in [3.8, 4) is 5.75 Å². The van der Waals surface area contributed by atoms with Crippen LogP contribution in [0.5, 0.6) is 5.75 Å². The van der Waals surface area contributed by atoms with E-state index in [4.69, 9.17) is 27.9 Å². The van der Waals surface area contributed by atoms with E-state index in [1.54, 1.807) is 12.1 Å². The lowest BCUT2D eigenvalue weighted by Gasteiger charge is -2.27. The molecule has 0 unspecified atom stereocenters. The number of ether oxygens (including phenoxy) is 1. The maximum atomic E-state index is 13.1. The first-order valence-electron chi connectivity index (χ1n) is 9.60. The van der Waals surface area contributed by atoms with Crippen LogP contribution in [0.1, 0.15) is 19.4 Å². The number of urea groups is 1. The number of carbonyl (C=O) groups excluding carboxylic acids is 3. The van der Waals surface area contributed by atoms with E-state index in [1.165, 1.54) is 25.3 Å². The second-order valence-corrected chi connectivity index (χ2v) is 7.41. The molecule has 1 saturated heterocycles. The predicted octanol–water partition coefficient (Wildman–Crippen LogP) is 4.51. The van der Waals surface area contributed by atoms with Gasteiger partial charge in [-0.25, -0.2) is 9.69 Å². The van der Waals surface area contributed by atoms with Gasteiger partial charge in [-0.15, -0.1) is 0 Å². The molecule has 1 heterocycles. The van der Waals surface area contributed by atoms with Crippen molar-refractivity contribution in [3.63, 3.8) is 0 Å². The standard InChI is InChI=1S/C22H21Cl2N3O4/c1-4-26(5-2)14-10-9-13(18(12-14)31-3)11-15-20(28)25-22(30)27(21(15)29)17-8-6-7-16(23)19(17)24/h6-12H,4-5H2,1-3H3,(H,25,28,30)/b15-11+. The van der Waals surface area contributed by atoms with Gasteiger partial charge in [-0.3, -0.25) is 14.9 Å². The molecule has 0 spiro atoms. The Labute approximate surface area is 190 Å². The van der Waals surface area contributed by atoms with E-state index in [1.807, 2.05) is 26.0 Å². The summed E-state index contributed by atoms with van der Waals surface area (Å²) in [5.41, 5.74) is 1.32. The van der Waals surface area contributed by atoms with Crippen molar-refractivity contribution in [1.29, 1.82) is 0 Å². The molecular formula is C22H21Cl2N3O4. The minimum Gasteiger partial charge on any atom is -0.496 e. The summed E-state index contributed by atoms with van der Waals surface area (Å²) in [5.74, 6) is -1.13. The Balaban J connectivity index is 2.05. The van der Waals surface area contributed by atoms with Gasteiger partial charge in [0.25, 0.3) is 11.8 Å². The largest absolute Gasteiger partial charge is 0.496 e. The fourth-order valence-electron chi connectivity index (χ4n) is 3.30. The average molecular weight is 462 g/mol. The van der Waals surface area contributed by atoms with Crippen molar-refractivity contribution in [3.05, 3.63) is 57.6 Å². The van der Waals surface area contributed by atoms with Gasteiger partial charge < -0.3 is 9.64 Å². The molecule has 7 nitrogen and oxygen atoms in total. The third kappa shape index (κ3) is 4.38. The molecule has 1 aliphatic heterocycles. The van der Waals surface area contributed by atoms with E-state index in [0.29, 0.717) is 11.3 Å². The van der Waals surface area contributed by atoms with E-state index < -0.39 is 17.8 Å². The van der Waals surface area contributed by atoms with E-state index in [9.17, 15) is 14.4 Å². The fraction of sp³-hybridized carbons (Fsp3) is 0.227. The number of nitrogens with one attached hydrogen (secondary N) is 1. The van der Waals surface area contributed by atoms with E-state index in [-0.39, 0.29) is 21.3 Å². The van der Waals surface area contributed by atoms with Crippen LogP contribution in [0.2, 0.25) is 10.0 Å². The number of imide groups is 2. The highest BCUT2D eigenvalue weighted by Gasteiger charge is 2.38. The number of hydrogen-bond donors (Lipinski definition) is 1. The molecule has 0 atom stereocenters. The van der Waals surface area contributed by atoms with Crippen LogP contribution in [0.3, 0.4) is 0 Å². The minimum absolute atomic E-state index is 0.0301. The molecule has 1 aliphatic rings. The number of amides is 4. The number of hydrogen-bond acceptors (Lipinski definition) is 5. The van der Waals surface area contributed by atoms with Crippen molar-refractivity contribution in [2.75, 3.05) is 30.0 Å². The number of nitrogens with zero attached hydrogens (tertiary/aromatic N) is 2. The molecule has 0 radical (unpaired) electrons. The molecule has 1 fully saturated rings. The molecule has 4 amide bonds. The molecule has 9 heteroatoms. The Hall–Kier alpha value is -3.03. The summed E-state index contributed by atoms with van der Waals surface area (Å²) in [6.45, 7) is 5.73. The van der Waals surface area contributed by atoms with Crippen LogP contribution in [0, 0.1) is 0 Å². The van der Waals surface area contributed by atoms with Crippen LogP contribution in [-0.4, -0.2) is 38.0 Å². The van der Waals surface area contributed by atoms with Crippen LogP contribution in [0.25, 0.3) is 6.08 Å².